The molecule has 0 saturated carbocycles. The smallest absolute Gasteiger partial charge is 0.247 e. The topological polar surface area (TPSA) is 51.4 Å². The normalized spacial score (nSPS) is 17.0. The maximum Gasteiger partial charge on any atom is 0.247 e. The number of likely N-dealkylation sites (tertiary alicyclic amines) is 1. The molecule has 3 rings (SSSR count). The number of methoxy groups -OCH3 is 1. The third-order valence-corrected chi connectivity index (χ3v) is 4.85. The molecular weight excluding hydrogens is 346 g/mol. The van der Waals surface area contributed by atoms with Gasteiger partial charge in [-0.25, -0.2) is 0 Å². The number of benzene rings is 1. The zero-order valence-electron chi connectivity index (χ0n) is 12.9. The second kappa shape index (κ2) is 6.89. The van der Waals surface area contributed by atoms with Gasteiger partial charge in [-0.15, -0.1) is 10.2 Å². The standard InChI is InChI=1S/C16H20BrN3O2/c1-11(20-7-3-4-8-20)15-18-19-16(22-15)12-5-6-14(17)13(9-12)10-21-2/h5-6,9,11H,3-4,7-8,10H2,1-2H3. The number of rotatable bonds is 5. The molecule has 2 heterocycles. The summed E-state index contributed by atoms with van der Waals surface area (Å²) in [4.78, 5) is 2.38. The second-order valence-electron chi connectivity index (χ2n) is 5.60. The fourth-order valence-electron chi connectivity index (χ4n) is 2.78. The number of hydrogen-bond acceptors (Lipinski definition) is 5. The molecule has 1 aromatic carbocycles. The molecule has 1 atom stereocenters. The Kier molecular flexibility index (Phi) is 4.90. The lowest BCUT2D eigenvalue weighted by atomic mass is 10.1. The highest BCUT2D eigenvalue weighted by Crippen LogP contribution is 2.28. The van der Waals surface area contributed by atoms with E-state index in [1.165, 1.54) is 12.8 Å². The molecule has 6 heteroatoms. The lowest BCUT2D eigenvalue weighted by molar-refractivity contribution is 0.184. The molecule has 5 nitrogen and oxygen atoms in total. The number of ether oxygens (including phenoxy) is 1. The van der Waals surface area contributed by atoms with Gasteiger partial charge in [-0.2, -0.15) is 0 Å². The molecule has 1 saturated heterocycles. The Morgan fingerprint density at radius 1 is 1.32 bits per heavy atom. The monoisotopic (exact) mass is 365 g/mol. The molecule has 0 amide bonds. The van der Waals surface area contributed by atoms with E-state index in [1.807, 2.05) is 18.2 Å². The van der Waals surface area contributed by atoms with Gasteiger partial charge < -0.3 is 9.15 Å². The van der Waals surface area contributed by atoms with E-state index in [1.54, 1.807) is 7.11 Å². The molecule has 118 valence electrons. The van der Waals surface area contributed by atoms with Crippen LogP contribution in [-0.4, -0.2) is 35.3 Å². The van der Waals surface area contributed by atoms with Crippen molar-refractivity contribution in [1.29, 1.82) is 0 Å². The Balaban J connectivity index is 1.82. The lowest BCUT2D eigenvalue weighted by Gasteiger charge is -2.19. The quantitative estimate of drug-likeness (QED) is 0.806. The van der Waals surface area contributed by atoms with Crippen LogP contribution in [0.4, 0.5) is 0 Å². The van der Waals surface area contributed by atoms with Crippen LogP contribution in [-0.2, 0) is 11.3 Å². The minimum atomic E-state index is 0.178. The van der Waals surface area contributed by atoms with E-state index < -0.39 is 0 Å². The fourth-order valence-corrected chi connectivity index (χ4v) is 3.14. The minimum Gasteiger partial charge on any atom is -0.419 e. The average Bonchev–Trinajstić information content (AvgIpc) is 3.20. The largest absolute Gasteiger partial charge is 0.419 e. The molecule has 22 heavy (non-hydrogen) atoms. The van der Waals surface area contributed by atoms with Crippen LogP contribution in [0.25, 0.3) is 11.5 Å². The van der Waals surface area contributed by atoms with Crippen LogP contribution in [0.3, 0.4) is 0 Å². The maximum atomic E-state index is 5.90. The van der Waals surface area contributed by atoms with Crippen LogP contribution < -0.4 is 0 Å². The summed E-state index contributed by atoms with van der Waals surface area (Å²) in [6, 6.07) is 6.15. The van der Waals surface area contributed by atoms with Crippen molar-refractivity contribution >= 4 is 15.9 Å². The average molecular weight is 366 g/mol. The van der Waals surface area contributed by atoms with Gasteiger partial charge in [-0.3, -0.25) is 4.90 Å². The third-order valence-electron chi connectivity index (χ3n) is 4.08. The lowest BCUT2D eigenvalue weighted by Crippen LogP contribution is -2.23. The van der Waals surface area contributed by atoms with Gasteiger partial charge >= 0.3 is 0 Å². The Morgan fingerprint density at radius 2 is 2.09 bits per heavy atom. The molecule has 0 radical (unpaired) electrons. The minimum absolute atomic E-state index is 0.178. The fraction of sp³-hybridized carbons (Fsp3) is 0.500. The molecule has 1 unspecified atom stereocenters. The number of nitrogens with zero attached hydrogens (tertiary/aromatic N) is 3. The molecular formula is C16H20BrN3O2. The zero-order chi connectivity index (χ0) is 15.5. The molecule has 1 fully saturated rings. The predicted octanol–water partition coefficient (Wildman–Crippen LogP) is 3.80. The Morgan fingerprint density at radius 3 is 2.82 bits per heavy atom. The van der Waals surface area contributed by atoms with Crippen LogP contribution in [0.15, 0.2) is 27.1 Å². The number of halogens is 1. The van der Waals surface area contributed by atoms with Crippen molar-refractivity contribution in [2.24, 2.45) is 0 Å². The second-order valence-corrected chi connectivity index (χ2v) is 6.46. The summed E-state index contributed by atoms with van der Waals surface area (Å²) in [5.74, 6) is 1.25. The van der Waals surface area contributed by atoms with Crippen LogP contribution in [0.5, 0.6) is 0 Å². The predicted molar refractivity (Wildman–Crippen MR) is 87.4 cm³/mol. The van der Waals surface area contributed by atoms with Crippen molar-refractivity contribution in [3.05, 3.63) is 34.1 Å². The molecule has 0 aliphatic carbocycles. The summed E-state index contributed by atoms with van der Waals surface area (Å²) < 4.78 is 12.1. The van der Waals surface area contributed by atoms with E-state index in [2.05, 4.69) is 38.0 Å². The van der Waals surface area contributed by atoms with Crippen LogP contribution >= 0.6 is 15.9 Å². The Labute approximate surface area is 138 Å². The van der Waals surface area contributed by atoms with Crippen molar-refractivity contribution in [3.63, 3.8) is 0 Å². The van der Waals surface area contributed by atoms with Crippen LogP contribution in [0, 0.1) is 0 Å². The molecule has 1 aliphatic heterocycles. The Hall–Kier alpha value is -1.24. The van der Waals surface area contributed by atoms with E-state index in [4.69, 9.17) is 9.15 Å². The van der Waals surface area contributed by atoms with E-state index >= 15 is 0 Å². The van der Waals surface area contributed by atoms with Gasteiger partial charge in [0.25, 0.3) is 0 Å². The number of aromatic nitrogens is 2. The van der Waals surface area contributed by atoms with Crippen molar-refractivity contribution in [2.75, 3.05) is 20.2 Å². The van der Waals surface area contributed by atoms with E-state index in [-0.39, 0.29) is 6.04 Å². The highest BCUT2D eigenvalue weighted by Gasteiger charge is 2.24. The van der Waals surface area contributed by atoms with Crippen molar-refractivity contribution < 1.29 is 9.15 Å². The van der Waals surface area contributed by atoms with Crippen molar-refractivity contribution in [2.45, 2.75) is 32.4 Å². The maximum absolute atomic E-state index is 5.90. The van der Waals surface area contributed by atoms with Crippen LogP contribution in [0.2, 0.25) is 0 Å². The van der Waals surface area contributed by atoms with Gasteiger partial charge in [0.05, 0.1) is 12.6 Å². The van der Waals surface area contributed by atoms with Gasteiger partial charge in [-0.05, 0) is 56.6 Å². The summed E-state index contributed by atoms with van der Waals surface area (Å²) in [5.41, 5.74) is 1.98. The van der Waals surface area contributed by atoms with Gasteiger partial charge in [-0.1, -0.05) is 15.9 Å². The highest BCUT2D eigenvalue weighted by molar-refractivity contribution is 9.10. The summed E-state index contributed by atoms with van der Waals surface area (Å²) in [6.07, 6.45) is 2.50. The summed E-state index contributed by atoms with van der Waals surface area (Å²) in [5, 5.41) is 8.44. The molecule has 1 aliphatic rings. The Bertz CT molecular complexity index is 638. The van der Waals surface area contributed by atoms with Gasteiger partial charge in [0, 0.05) is 17.1 Å². The van der Waals surface area contributed by atoms with Gasteiger partial charge in [0.15, 0.2) is 0 Å². The van der Waals surface area contributed by atoms with Crippen LogP contribution in [0.1, 0.15) is 37.3 Å². The summed E-state index contributed by atoms with van der Waals surface area (Å²) in [6.45, 7) is 4.88. The molecule has 1 aromatic heterocycles. The number of hydrogen-bond donors (Lipinski definition) is 0. The molecule has 0 N–H and O–H groups in total. The van der Waals surface area contributed by atoms with E-state index in [9.17, 15) is 0 Å². The van der Waals surface area contributed by atoms with Gasteiger partial charge in [0.1, 0.15) is 0 Å². The first-order chi connectivity index (χ1) is 10.7. The molecule has 2 aromatic rings. The molecule has 0 bridgehead atoms. The first-order valence-electron chi connectivity index (χ1n) is 7.54. The highest BCUT2D eigenvalue weighted by atomic mass is 79.9. The van der Waals surface area contributed by atoms with Crippen molar-refractivity contribution in [1.82, 2.24) is 15.1 Å². The third kappa shape index (κ3) is 3.24. The SMILES string of the molecule is COCc1cc(-c2nnc(C(C)N3CCCC3)o2)ccc1Br. The summed E-state index contributed by atoms with van der Waals surface area (Å²) >= 11 is 3.52. The van der Waals surface area contributed by atoms with Crippen molar-refractivity contribution in [3.8, 4) is 11.5 Å². The first-order valence-corrected chi connectivity index (χ1v) is 8.33. The summed E-state index contributed by atoms with van der Waals surface area (Å²) in [7, 11) is 1.68. The van der Waals surface area contributed by atoms with E-state index in [0.717, 1.165) is 28.7 Å². The first kappa shape index (κ1) is 15.6. The molecule has 0 spiro atoms. The van der Waals surface area contributed by atoms with Gasteiger partial charge in [0.2, 0.25) is 11.8 Å². The zero-order valence-corrected chi connectivity index (χ0v) is 14.5. The van der Waals surface area contributed by atoms with E-state index in [0.29, 0.717) is 18.4 Å².